The molecule has 1 atom stereocenters. The predicted octanol–water partition coefficient (Wildman–Crippen LogP) is 0.777. The Labute approximate surface area is 163 Å². The van der Waals surface area contributed by atoms with E-state index in [2.05, 4.69) is 10.6 Å². The number of halogens is 1. The molecule has 0 bridgehead atoms. The van der Waals surface area contributed by atoms with Gasteiger partial charge in [0, 0.05) is 57.3 Å². The van der Waals surface area contributed by atoms with Crippen LogP contribution in [0.5, 0.6) is 0 Å². The lowest BCUT2D eigenvalue weighted by molar-refractivity contribution is -0.384. The van der Waals surface area contributed by atoms with Crippen molar-refractivity contribution in [2.24, 2.45) is 0 Å². The number of amides is 2. The first-order valence-corrected chi connectivity index (χ1v) is 8.76. The van der Waals surface area contributed by atoms with Crippen LogP contribution in [0.15, 0.2) is 18.2 Å². The molecule has 0 saturated carbocycles. The van der Waals surface area contributed by atoms with Gasteiger partial charge in [-0.2, -0.15) is 0 Å². The van der Waals surface area contributed by atoms with Crippen molar-refractivity contribution >= 4 is 35.6 Å². The Morgan fingerprint density at radius 1 is 1.26 bits per heavy atom. The first-order chi connectivity index (χ1) is 12.5. The van der Waals surface area contributed by atoms with Crippen LogP contribution in [-0.4, -0.2) is 66.9 Å². The topological polar surface area (TPSA) is 108 Å². The minimum atomic E-state index is -0.458. The van der Waals surface area contributed by atoms with Crippen LogP contribution in [0.2, 0.25) is 0 Å². The van der Waals surface area contributed by atoms with Crippen LogP contribution < -0.4 is 15.5 Å². The summed E-state index contributed by atoms with van der Waals surface area (Å²) < 4.78 is 0. The zero-order valence-corrected chi connectivity index (χ0v) is 16.0. The lowest BCUT2D eigenvalue weighted by Gasteiger charge is -2.35. The summed E-state index contributed by atoms with van der Waals surface area (Å²) in [6.07, 6.45) is 0.854. The molecular formula is C17H24ClN5O4. The van der Waals surface area contributed by atoms with Crippen molar-refractivity contribution in [3.05, 3.63) is 33.9 Å². The van der Waals surface area contributed by atoms with E-state index >= 15 is 0 Å². The smallest absolute Gasteiger partial charge is 0.293 e. The van der Waals surface area contributed by atoms with Gasteiger partial charge in [0.2, 0.25) is 5.91 Å². The second-order valence-corrected chi connectivity index (χ2v) is 6.62. The molecule has 10 heteroatoms. The number of carbonyl (C=O) groups excluding carboxylic acids is 2. The van der Waals surface area contributed by atoms with E-state index in [0.29, 0.717) is 38.4 Å². The van der Waals surface area contributed by atoms with Crippen molar-refractivity contribution in [2.45, 2.75) is 19.4 Å². The number of hydrogen-bond acceptors (Lipinski definition) is 6. The largest absolute Gasteiger partial charge is 0.362 e. The number of carbonyl (C=O) groups is 2. The molecule has 3 rings (SSSR count). The molecule has 2 heterocycles. The summed E-state index contributed by atoms with van der Waals surface area (Å²) in [6.45, 7) is 5.21. The van der Waals surface area contributed by atoms with Gasteiger partial charge in [-0.05, 0) is 25.1 Å². The van der Waals surface area contributed by atoms with Crippen LogP contribution in [0.25, 0.3) is 0 Å². The van der Waals surface area contributed by atoms with Gasteiger partial charge in [0.25, 0.3) is 11.6 Å². The lowest BCUT2D eigenvalue weighted by atomic mass is 10.1. The molecule has 9 nitrogen and oxygen atoms in total. The minimum absolute atomic E-state index is 0. The zero-order valence-electron chi connectivity index (χ0n) is 15.1. The van der Waals surface area contributed by atoms with E-state index < -0.39 is 4.92 Å². The van der Waals surface area contributed by atoms with Gasteiger partial charge in [-0.25, -0.2) is 0 Å². The SMILES string of the molecule is CC(=O)N1CCN(c2ccc(C(=O)NC3CCNC3)cc2[N+](=O)[O-])CC1.Cl. The number of rotatable bonds is 4. The van der Waals surface area contributed by atoms with Crippen LogP contribution in [-0.2, 0) is 4.79 Å². The highest BCUT2D eigenvalue weighted by Crippen LogP contribution is 2.30. The summed E-state index contributed by atoms with van der Waals surface area (Å²) in [6, 6.07) is 4.64. The molecule has 2 aliphatic heterocycles. The molecule has 0 radical (unpaired) electrons. The molecule has 2 aliphatic rings. The second-order valence-electron chi connectivity index (χ2n) is 6.62. The fourth-order valence-electron chi connectivity index (χ4n) is 3.39. The number of nitrogens with one attached hydrogen (secondary N) is 2. The Morgan fingerprint density at radius 3 is 2.52 bits per heavy atom. The standard InChI is InChI=1S/C17H23N5O4.ClH/c1-12(23)20-6-8-21(9-7-20)15-3-2-13(10-16(15)22(25)26)17(24)19-14-4-5-18-11-14;/h2-3,10,14,18H,4-9,11H2,1H3,(H,19,24);1H. The first-order valence-electron chi connectivity index (χ1n) is 8.76. The summed E-state index contributed by atoms with van der Waals surface area (Å²) in [7, 11) is 0. The Kier molecular flexibility index (Phi) is 6.98. The summed E-state index contributed by atoms with van der Waals surface area (Å²) in [5.41, 5.74) is 0.686. The fourth-order valence-corrected chi connectivity index (χ4v) is 3.39. The van der Waals surface area contributed by atoms with Gasteiger partial charge >= 0.3 is 0 Å². The molecule has 148 valence electrons. The normalized spacial score (nSPS) is 19.4. The minimum Gasteiger partial charge on any atom is -0.362 e. The van der Waals surface area contributed by atoms with E-state index in [1.165, 1.54) is 13.0 Å². The van der Waals surface area contributed by atoms with E-state index in [1.807, 2.05) is 4.90 Å². The third-order valence-electron chi connectivity index (χ3n) is 4.90. The van der Waals surface area contributed by atoms with Gasteiger partial charge in [-0.3, -0.25) is 19.7 Å². The van der Waals surface area contributed by atoms with Crippen LogP contribution in [0.3, 0.4) is 0 Å². The number of piperazine rings is 1. The Hall–Kier alpha value is -2.39. The van der Waals surface area contributed by atoms with Crippen LogP contribution in [0.1, 0.15) is 23.7 Å². The predicted molar refractivity (Wildman–Crippen MR) is 104 cm³/mol. The number of nitro groups is 1. The van der Waals surface area contributed by atoms with Gasteiger partial charge in [-0.15, -0.1) is 12.4 Å². The summed E-state index contributed by atoms with van der Waals surface area (Å²) in [5, 5.41) is 17.6. The molecule has 0 spiro atoms. The Bertz CT molecular complexity index is 715. The van der Waals surface area contributed by atoms with E-state index in [1.54, 1.807) is 17.0 Å². The highest BCUT2D eigenvalue weighted by atomic mass is 35.5. The Balaban J connectivity index is 0.00000261. The maximum Gasteiger partial charge on any atom is 0.293 e. The first kappa shape index (κ1) is 20.9. The van der Waals surface area contributed by atoms with Gasteiger partial charge in [0.1, 0.15) is 5.69 Å². The third kappa shape index (κ3) is 4.86. The monoisotopic (exact) mass is 397 g/mol. The molecule has 2 saturated heterocycles. The van der Waals surface area contributed by atoms with Gasteiger partial charge in [-0.1, -0.05) is 0 Å². The number of anilines is 1. The molecule has 1 aromatic rings. The summed E-state index contributed by atoms with van der Waals surface area (Å²) in [4.78, 5) is 38.5. The lowest BCUT2D eigenvalue weighted by Crippen LogP contribution is -2.48. The Morgan fingerprint density at radius 2 is 1.96 bits per heavy atom. The second kappa shape index (κ2) is 9.01. The number of nitro benzene ring substituents is 1. The van der Waals surface area contributed by atoms with Gasteiger partial charge in [0.15, 0.2) is 0 Å². The average Bonchev–Trinajstić information content (AvgIpc) is 3.14. The molecule has 1 unspecified atom stereocenters. The van der Waals surface area contributed by atoms with Crippen molar-refractivity contribution in [1.82, 2.24) is 15.5 Å². The molecule has 0 aromatic heterocycles. The molecule has 27 heavy (non-hydrogen) atoms. The van der Waals surface area contributed by atoms with Crippen molar-refractivity contribution < 1.29 is 14.5 Å². The molecule has 1 aromatic carbocycles. The van der Waals surface area contributed by atoms with Crippen LogP contribution in [0, 0.1) is 10.1 Å². The molecule has 2 fully saturated rings. The highest BCUT2D eigenvalue weighted by molar-refractivity contribution is 5.96. The third-order valence-corrected chi connectivity index (χ3v) is 4.90. The maximum atomic E-state index is 12.4. The maximum absolute atomic E-state index is 12.4. The molecule has 0 aliphatic carbocycles. The zero-order chi connectivity index (χ0) is 18.7. The number of nitrogens with zero attached hydrogens (tertiary/aromatic N) is 3. The van der Waals surface area contributed by atoms with Crippen molar-refractivity contribution in [3.8, 4) is 0 Å². The van der Waals surface area contributed by atoms with E-state index in [9.17, 15) is 19.7 Å². The fraction of sp³-hybridized carbons (Fsp3) is 0.529. The van der Waals surface area contributed by atoms with E-state index in [-0.39, 0.29) is 41.5 Å². The van der Waals surface area contributed by atoms with Crippen molar-refractivity contribution in [3.63, 3.8) is 0 Å². The highest BCUT2D eigenvalue weighted by Gasteiger charge is 2.26. The summed E-state index contributed by atoms with van der Waals surface area (Å²) >= 11 is 0. The molecular weight excluding hydrogens is 374 g/mol. The average molecular weight is 398 g/mol. The number of hydrogen-bond donors (Lipinski definition) is 2. The van der Waals surface area contributed by atoms with E-state index in [4.69, 9.17) is 0 Å². The van der Waals surface area contributed by atoms with Gasteiger partial charge < -0.3 is 20.4 Å². The molecule has 2 N–H and O–H groups in total. The van der Waals surface area contributed by atoms with E-state index in [0.717, 1.165) is 13.0 Å². The number of benzene rings is 1. The van der Waals surface area contributed by atoms with Crippen molar-refractivity contribution in [2.75, 3.05) is 44.2 Å². The molecule has 2 amide bonds. The van der Waals surface area contributed by atoms with Crippen LogP contribution in [0.4, 0.5) is 11.4 Å². The quantitative estimate of drug-likeness (QED) is 0.574. The van der Waals surface area contributed by atoms with Gasteiger partial charge in [0.05, 0.1) is 4.92 Å². The van der Waals surface area contributed by atoms with Crippen LogP contribution >= 0.6 is 12.4 Å². The summed E-state index contributed by atoms with van der Waals surface area (Å²) in [5.74, 6) is -0.290. The van der Waals surface area contributed by atoms with Crippen molar-refractivity contribution in [1.29, 1.82) is 0 Å².